The van der Waals surface area contributed by atoms with Crippen LogP contribution in [0.3, 0.4) is 0 Å². The van der Waals surface area contributed by atoms with Crippen molar-refractivity contribution in [3.8, 4) is 6.07 Å². The van der Waals surface area contributed by atoms with E-state index in [2.05, 4.69) is 22.9 Å². The van der Waals surface area contributed by atoms with Crippen molar-refractivity contribution in [1.29, 1.82) is 5.26 Å². The summed E-state index contributed by atoms with van der Waals surface area (Å²) < 4.78 is 0. The summed E-state index contributed by atoms with van der Waals surface area (Å²) in [4.78, 5) is 4.76. The lowest BCUT2D eigenvalue weighted by atomic mass is 9.96. The van der Waals surface area contributed by atoms with Crippen molar-refractivity contribution in [2.75, 3.05) is 33.2 Å². The Labute approximate surface area is 86.3 Å². The predicted octanol–water partition coefficient (Wildman–Crippen LogP) is 1.07. The highest BCUT2D eigenvalue weighted by Gasteiger charge is 2.40. The van der Waals surface area contributed by atoms with Crippen LogP contribution in [0.4, 0.5) is 0 Å². The van der Waals surface area contributed by atoms with Crippen molar-refractivity contribution in [3.05, 3.63) is 0 Å². The second-order valence-corrected chi connectivity index (χ2v) is 4.64. The van der Waals surface area contributed by atoms with Gasteiger partial charge in [-0.15, -0.1) is 0 Å². The fourth-order valence-corrected chi connectivity index (χ4v) is 2.69. The third kappa shape index (κ3) is 1.65. The minimum atomic E-state index is -0.0960. The van der Waals surface area contributed by atoms with Crippen molar-refractivity contribution in [3.63, 3.8) is 0 Å². The van der Waals surface area contributed by atoms with Gasteiger partial charge in [-0.25, -0.2) is 0 Å². The van der Waals surface area contributed by atoms with Gasteiger partial charge >= 0.3 is 0 Å². The van der Waals surface area contributed by atoms with Crippen molar-refractivity contribution in [2.45, 2.75) is 31.2 Å². The van der Waals surface area contributed by atoms with Crippen LogP contribution in [0, 0.1) is 11.3 Å². The number of rotatable bonds is 1. The molecule has 0 N–H and O–H groups in total. The fourth-order valence-electron chi connectivity index (χ4n) is 2.69. The van der Waals surface area contributed by atoms with Gasteiger partial charge in [-0.3, -0.25) is 4.90 Å². The largest absolute Gasteiger partial charge is 0.304 e. The van der Waals surface area contributed by atoms with Crippen LogP contribution in [0.1, 0.15) is 25.7 Å². The van der Waals surface area contributed by atoms with Gasteiger partial charge in [-0.1, -0.05) is 12.8 Å². The van der Waals surface area contributed by atoms with Crippen LogP contribution in [-0.4, -0.2) is 48.6 Å². The van der Waals surface area contributed by atoms with Crippen molar-refractivity contribution < 1.29 is 0 Å². The number of hydrogen-bond acceptors (Lipinski definition) is 3. The maximum atomic E-state index is 9.33. The molecule has 78 valence electrons. The number of hydrogen-bond donors (Lipinski definition) is 0. The van der Waals surface area contributed by atoms with E-state index in [0.29, 0.717) is 0 Å². The Morgan fingerprint density at radius 2 is 1.64 bits per heavy atom. The van der Waals surface area contributed by atoms with Gasteiger partial charge < -0.3 is 4.90 Å². The Hall–Kier alpha value is -0.590. The van der Waals surface area contributed by atoms with Crippen LogP contribution in [-0.2, 0) is 0 Å². The average molecular weight is 193 g/mol. The van der Waals surface area contributed by atoms with Crippen LogP contribution >= 0.6 is 0 Å². The highest BCUT2D eigenvalue weighted by Crippen LogP contribution is 2.35. The minimum Gasteiger partial charge on any atom is -0.304 e. The zero-order chi connectivity index (χ0) is 10.0. The molecule has 1 heterocycles. The third-order valence-corrected chi connectivity index (χ3v) is 3.75. The molecule has 0 aromatic rings. The molecule has 1 aliphatic carbocycles. The molecule has 1 saturated carbocycles. The first-order valence-corrected chi connectivity index (χ1v) is 5.62. The summed E-state index contributed by atoms with van der Waals surface area (Å²) in [5.74, 6) is 0. The van der Waals surface area contributed by atoms with Crippen LogP contribution < -0.4 is 0 Å². The smallest absolute Gasteiger partial charge is 0.109 e. The highest BCUT2D eigenvalue weighted by molar-refractivity contribution is 5.11. The molecule has 0 aromatic heterocycles. The molecule has 0 aromatic carbocycles. The molecule has 3 nitrogen and oxygen atoms in total. The molecule has 1 aliphatic heterocycles. The quantitative estimate of drug-likeness (QED) is 0.624. The van der Waals surface area contributed by atoms with E-state index >= 15 is 0 Å². The zero-order valence-electron chi connectivity index (χ0n) is 9.00. The average Bonchev–Trinajstić information content (AvgIpc) is 2.68. The van der Waals surface area contributed by atoms with Gasteiger partial charge in [0, 0.05) is 26.2 Å². The summed E-state index contributed by atoms with van der Waals surface area (Å²) in [6.07, 6.45) is 4.65. The number of piperazine rings is 1. The zero-order valence-corrected chi connectivity index (χ0v) is 9.00. The molecule has 0 radical (unpaired) electrons. The van der Waals surface area contributed by atoms with E-state index in [1.54, 1.807) is 0 Å². The molecule has 0 atom stereocenters. The molecule has 0 amide bonds. The first kappa shape index (κ1) is 9.95. The van der Waals surface area contributed by atoms with Gasteiger partial charge in [0.25, 0.3) is 0 Å². The Kier molecular flexibility index (Phi) is 2.76. The van der Waals surface area contributed by atoms with Crippen LogP contribution in [0.5, 0.6) is 0 Å². The minimum absolute atomic E-state index is 0.0960. The second kappa shape index (κ2) is 3.88. The molecule has 1 saturated heterocycles. The summed E-state index contributed by atoms with van der Waals surface area (Å²) in [6.45, 7) is 4.38. The van der Waals surface area contributed by atoms with E-state index in [0.717, 1.165) is 39.0 Å². The Morgan fingerprint density at radius 3 is 2.14 bits per heavy atom. The molecule has 0 bridgehead atoms. The summed E-state index contributed by atoms with van der Waals surface area (Å²) in [7, 11) is 2.16. The predicted molar refractivity (Wildman–Crippen MR) is 55.9 cm³/mol. The molecular formula is C11H19N3. The van der Waals surface area contributed by atoms with Gasteiger partial charge in [-0.2, -0.15) is 5.26 Å². The molecule has 2 rings (SSSR count). The lowest BCUT2D eigenvalue weighted by Crippen LogP contribution is -2.54. The van der Waals surface area contributed by atoms with Crippen LogP contribution in [0.25, 0.3) is 0 Å². The highest BCUT2D eigenvalue weighted by atomic mass is 15.3. The van der Waals surface area contributed by atoms with Crippen molar-refractivity contribution in [1.82, 2.24) is 9.80 Å². The first-order chi connectivity index (χ1) is 6.77. The van der Waals surface area contributed by atoms with Gasteiger partial charge in [0.15, 0.2) is 0 Å². The molecular weight excluding hydrogens is 174 g/mol. The lowest BCUT2D eigenvalue weighted by molar-refractivity contribution is 0.0770. The SMILES string of the molecule is CN1CCN(C2(C#N)CCCC2)CC1. The van der Waals surface area contributed by atoms with Gasteiger partial charge in [0.1, 0.15) is 5.54 Å². The second-order valence-electron chi connectivity index (χ2n) is 4.64. The first-order valence-electron chi connectivity index (χ1n) is 5.62. The number of likely N-dealkylation sites (N-methyl/N-ethyl adjacent to an activating group) is 1. The van der Waals surface area contributed by atoms with Crippen LogP contribution in [0.2, 0.25) is 0 Å². The van der Waals surface area contributed by atoms with Crippen LogP contribution in [0.15, 0.2) is 0 Å². The maximum Gasteiger partial charge on any atom is 0.109 e. The Bertz CT molecular complexity index is 229. The number of nitriles is 1. The summed E-state index contributed by atoms with van der Waals surface area (Å²) in [5.41, 5.74) is -0.0960. The molecule has 3 heteroatoms. The molecule has 0 unspecified atom stereocenters. The van der Waals surface area contributed by atoms with Gasteiger partial charge in [0.05, 0.1) is 6.07 Å². The fraction of sp³-hybridized carbons (Fsp3) is 0.909. The van der Waals surface area contributed by atoms with Gasteiger partial charge in [0.2, 0.25) is 0 Å². The molecule has 0 spiro atoms. The Balaban J connectivity index is 2.02. The summed E-state index contributed by atoms with van der Waals surface area (Å²) in [5, 5.41) is 9.33. The third-order valence-electron chi connectivity index (χ3n) is 3.75. The Morgan fingerprint density at radius 1 is 1.07 bits per heavy atom. The maximum absolute atomic E-state index is 9.33. The van der Waals surface area contributed by atoms with E-state index in [-0.39, 0.29) is 5.54 Å². The summed E-state index contributed by atoms with van der Waals surface area (Å²) >= 11 is 0. The normalized spacial score (nSPS) is 28.9. The topological polar surface area (TPSA) is 30.3 Å². The monoisotopic (exact) mass is 193 g/mol. The van der Waals surface area contributed by atoms with E-state index in [1.807, 2.05) is 0 Å². The number of nitrogens with zero attached hydrogens (tertiary/aromatic N) is 3. The van der Waals surface area contributed by atoms with E-state index in [9.17, 15) is 5.26 Å². The molecule has 2 aliphatic rings. The standard InChI is InChI=1S/C11H19N3/c1-13-6-8-14(9-7-13)11(10-12)4-2-3-5-11/h2-9H2,1H3. The molecule has 2 fully saturated rings. The van der Waals surface area contributed by atoms with E-state index in [4.69, 9.17) is 0 Å². The van der Waals surface area contributed by atoms with Crippen molar-refractivity contribution >= 4 is 0 Å². The van der Waals surface area contributed by atoms with Gasteiger partial charge in [-0.05, 0) is 19.9 Å². The lowest BCUT2D eigenvalue weighted by Gasteiger charge is -2.41. The van der Waals surface area contributed by atoms with Crippen molar-refractivity contribution in [2.24, 2.45) is 0 Å². The molecule has 14 heavy (non-hydrogen) atoms. The summed E-state index contributed by atoms with van der Waals surface area (Å²) in [6, 6.07) is 2.57. The van der Waals surface area contributed by atoms with E-state index < -0.39 is 0 Å². The van der Waals surface area contributed by atoms with E-state index in [1.165, 1.54) is 12.8 Å².